The van der Waals surface area contributed by atoms with Gasteiger partial charge in [0, 0.05) is 17.1 Å². The number of carbonyl (C=O) groups is 1. The van der Waals surface area contributed by atoms with Crippen LogP contribution < -0.4 is 5.32 Å². The van der Waals surface area contributed by atoms with Gasteiger partial charge in [0.25, 0.3) is 5.91 Å². The fraction of sp³-hybridized carbons (Fsp3) is 0.158. The predicted molar refractivity (Wildman–Crippen MR) is 90.3 cm³/mol. The van der Waals surface area contributed by atoms with Crippen LogP contribution in [0, 0.1) is 20.8 Å². The van der Waals surface area contributed by atoms with Crippen LogP contribution >= 0.6 is 0 Å². The molecule has 22 heavy (non-hydrogen) atoms. The van der Waals surface area contributed by atoms with Crippen molar-refractivity contribution in [3.63, 3.8) is 0 Å². The van der Waals surface area contributed by atoms with Gasteiger partial charge in [0.2, 0.25) is 0 Å². The Morgan fingerprint density at radius 1 is 1.00 bits per heavy atom. The number of pyridine rings is 1. The Balaban J connectivity index is 2.02. The molecule has 110 valence electrons. The first kappa shape index (κ1) is 14.3. The van der Waals surface area contributed by atoms with Gasteiger partial charge in [-0.3, -0.25) is 9.78 Å². The van der Waals surface area contributed by atoms with Crippen LogP contribution in [0.1, 0.15) is 27.0 Å². The Labute approximate surface area is 130 Å². The second-order valence-electron chi connectivity index (χ2n) is 5.61. The number of benzene rings is 2. The van der Waals surface area contributed by atoms with E-state index >= 15 is 0 Å². The van der Waals surface area contributed by atoms with E-state index < -0.39 is 0 Å². The number of rotatable bonds is 2. The molecule has 3 nitrogen and oxygen atoms in total. The minimum Gasteiger partial charge on any atom is -0.320 e. The molecule has 1 aromatic heterocycles. The molecule has 1 amide bonds. The van der Waals surface area contributed by atoms with Crippen LogP contribution in [-0.4, -0.2) is 10.9 Å². The highest BCUT2D eigenvalue weighted by atomic mass is 16.1. The van der Waals surface area contributed by atoms with Crippen LogP contribution in [0.3, 0.4) is 0 Å². The summed E-state index contributed by atoms with van der Waals surface area (Å²) in [7, 11) is 0. The van der Waals surface area contributed by atoms with Gasteiger partial charge in [-0.05, 0) is 44.0 Å². The number of anilines is 1. The average molecular weight is 290 g/mol. The maximum Gasteiger partial charge on any atom is 0.255 e. The Morgan fingerprint density at radius 3 is 2.59 bits per heavy atom. The van der Waals surface area contributed by atoms with Crippen molar-refractivity contribution in [3.05, 3.63) is 70.9 Å². The van der Waals surface area contributed by atoms with Crippen molar-refractivity contribution in [2.45, 2.75) is 20.8 Å². The maximum absolute atomic E-state index is 12.6. The Morgan fingerprint density at radius 2 is 1.82 bits per heavy atom. The molecule has 0 spiro atoms. The maximum atomic E-state index is 12.6. The van der Waals surface area contributed by atoms with Crippen molar-refractivity contribution in [2.75, 3.05) is 5.32 Å². The summed E-state index contributed by atoms with van der Waals surface area (Å²) in [5.41, 5.74) is 5.42. The summed E-state index contributed by atoms with van der Waals surface area (Å²) < 4.78 is 0. The zero-order valence-electron chi connectivity index (χ0n) is 13.0. The van der Waals surface area contributed by atoms with Crippen molar-refractivity contribution >= 4 is 22.5 Å². The van der Waals surface area contributed by atoms with Crippen molar-refractivity contribution in [1.29, 1.82) is 0 Å². The lowest BCUT2D eigenvalue weighted by Crippen LogP contribution is -2.14. The van der Waals surface area contributed by atoms with Gasteiger partial charge in [-0.15, -0.1) is 0 Å². The van der Waals surface area contributed by atoms with Gasteiger partial charge < -0.3 is 5.32 Å². The molecule has 0 atom stereocenters. The van der Waals surface area contributed by atoms with Crippen LogP contribution in [0.5, 0.6) is 0 Å². The van der Waals surface area contributed by atoms with Gasteiger partial charge in [-0.25, -0.2) is 0 Å². The van der Waals surface area contributed by atoms with E-state index in [-0.39, 0.29) is 5.91 Å². The number of nitrogens with one attached hydrogen (secondary N) is 1. The van der Waals surface area contributed by atoms with E-state index in [1.807, 2.05) is 63.2 Å². The van der Waals surface area contributed by atoms with E-state index in [9.17, 15) is 4.79 Å². The Bertz CT molecular complexity index is 868. The molecular formula is C19H18N2O. The largest absolute Gasteiger partial charge is 0.320 e. The second kappa shape index (κ2) is 5.60. The van der Waals surface area contributed by atoms with E-state index in [2.05, 4.69) is 10.3 Å². The lowest BCUT2D eigenvalue weighted by atomic mass is 10.0. The zero-order valence-corrected chi connectivity index (χ0v) is 13.0. The first-order valence-electron chi connectivity index (χ1n) is 7.29. The van der Waals surface area contributed by atoms with Crippen LogP contribution in [0.4, 0.5) is 5.69 Å². The van der Waals surface area contributed by atoms with Gasteiger partial charge in [-0.1, -0.05) is 35.9 Å². The van der Waals surface area contributed by atoms with Gasteiger partial charge in [-0.2, -0.15) is 0 Å². The van der Waals surface area contributed by atoms with Crippen LogP contribution in [0.2, 0.25) is 0 Å². The quantitative estimate of drug-likeness (QED) is 0.759. The normalized spacial score (nSPS) is 10.7. The smallest absolute Gasteiger partial charge is 0.255 e. The average Bonchev–Trinajstić information content (AvgIpc) is 2.50. The number of aryl methyl sites for hydroxylation is 3. The molecule has 1 N–H and O–H groups in total. The highest BCUT2D eigenvalue weighted by molar-refractivity contribution is 6.09. The second-order valence-corrected chi connectivity index (χ2v) is 5.61. The fourth-order valence-corrected chi connectivity index (χ4v) is 2.65. The number of aromatic nitrogens is 1. The molecule has 0 fully saturated rings. The Hall–Kier alpha value is -2.68. The number of hydrogen-bond acceptors (Lipinski definition) is 2. The van der Waals surface area contributed by atoms with Crippen molar-refractivity contribution in [2.24, 2.45) is 0 Å². The molecular weight excluding hydrogens is 272 g/mol. The minimum atomic E-state index is -0.0984. The molecule has 0 saturated carbocycles. The third-order valence-corrected chi connectivity index (χ3v) is 3.85. The molecule has 0 bridgehead atoms. The van der Waals surface area contributed by atoms with Gasteiger partial charge in [0.1, 0.15) is 0 Å². The summed E-state index contributed by atoms with van der Waals surface area (Å²) in [5.74, 6) is -0.0984. The minimum absolute atomic E-state index is 0.0984. The third kappa shape index (κ3) is 2.58. The summed E-state index contributed by atoms with van der Waals surface area (Å²) in [5, 5.41) is 4.05. The molecule has 3 aromatic rings. The van der Waals surface area contributed by atoms with Crippen molar-refractivity contribution in [1.82, 2.24) is 4.98 Å². The summed E-state index contributed by atoms with van der Waals surface area (Å²) in [4.78, 5) is 17.0. The molecule has 0 aliphatic carbocycles. The first-order valence-corrected chi connectivity index (χ1v) is 7.29. The highest BCUT2D eigenvalue weighted by Crippen LogP contribution is 2.26. The number of nitrogens with zero attached hydrogens (tertiary/aromatic N) is 1. The molecule has 0 saturated heterocycles. The molecule has 0 unspecified atom stereocenters. The molecule has 1 heterocycles. The standard InChI is InChI=1S/C19H18N2O/c1-12-6-9-16(14(3)11-12)19(22)21-17-13(2)7-8-15-5-4-10-20-18(15)17/h4-11H,1-3H3,(H,21,22). The van der Waals surface area contributed by atoms with Gasteiger partial charge in [0.15, 0.2) is 0 Å². The topological polar surface area (TPSA) is 42.0 Å². The molecule has 0 radical (unpaired) electrons. The monoisotopic (exact) mass is 290 g/mol. The highest BCUT2D eigenvalue weighted by Gasteiger charge is 2.13. The summed E-state index contributed by atoms with van der Waals surface area (Å²) in [6.45, 7) is 5.95. The van der Waals surface area contributed by atoms with Crippen LogP contribution in [-0.2, 0) is 0 Å². The number of amides is 1. The van der Waals surface area contributed by atoms with Crippen LogP contribution in [0.15, 0.2) is 48.7 Å². The predicted octanol–water partition coefficient (Wildman–Crippen LogP) is 4.41. The van der Waals surface area contributed by atoms with E-state index in [0.29, 0.717) is 5.56 Å². The number of carbonyl (C=O) groups excluding carboxylic acids is 1. The fourth-order valence-electron chi connectivity index (χ4n) is 2.65. The van der Waals surface area contributed by atoms with Gasteiger partial charge in [0.05, 0.1) is 11.2 Å². The third-order valence-electron chi connectivity index (χ3n) is 3.85. The molecule has 3 heteroatoms. The van der Waals surface area contributed by atoms with E-state index in [4.69, 9.17) is 0 Å². The van der Waals surface area contributed by atoms with Gasteiger partial charge >= 0.3 is 0 Å². The summed E-state index contributed by atoms with van der Waals surface area (Å²) in [6, 6.07) is 13.8. The van der Waals surface area contributed by atoms with Crippen molar-refractivity contribution < 1.29 is 4.79 Å². The number of fused-ring (bicyclic) bond motifs is 1. The molecule has 0 aliphatic heterocycles. The lowest BCUT2D eigenvalue weighted by Gasteiger charge is -2.12. The van der Waals surface area contributed by atoms with Crippen LogP contribution in [0.25, 0.3) is 10.9 Å². The Kier molecular flexibility index (Phi) is 3.63. The van der Waals surface area contributed by atoms with E-state index in [1.165, 1.54) is 0 Å². The molecule has 3 rings (SSSR count). The van der Waals surface area contributed by atoms with E-state index in [1.54, 1.807) is 6.20 Å². The van der Waals surface area contributed by atoms with Crippen molar-refractivity contribution in [3.8, 4) is 0 Å². The first-order chi connectivity index (χ1) is 10.6. The lowest BCUT2D eigenvalue weighted by molar-refractivity contribution is 0.102. The number of hydrogen-bond donors (Lipinski definition) is 1. The molecule has 2 aromatic carbocycles. The SMILES string of the molecule is Cc1ccc(C(=O)Nc2c(C)ccc3cccnc23)c(C)c1. The summed E-state index contributed by atoms with van der Waals surface area (Å²) >= 11 is 0. The zero-order chi connectivity index (χ0) is 15.7. The molecule has 0 aliphatic rings. The summed E-state index contributed by atoms with van der Waals surface area (Å²) in [6.07, 6.45) is 1.74. The van der Waals surface area contributed by atoms with E-state index in [0.717, 1.165) is 33.3 Å².